The molecule has 1 aromatic rings. The van der Waals surface area contributed by atoms with Gasteiger partial charge < -0.3 is 5.32 Å². The molecule has 0 aromatic heterocycles. The van der Waals surface area contributed by atoms with Crippen molar-refractivity contribution >= 4 is 0 Å². The van der Waals surface area contributed by atoms with Crippen LogP contribution in [0.15, 0.2) is 30.3 Å². The van der Waals surface area contributed by atoms with Gasteiger partial charge in [0, 0.05) is 12.1 Å². The molecule has 0 radical (unpaired) electrons. The zero-order valence-electron chi connectivity index (χ0n) is 11.8. The van der Waals surface area contributed by atoms with Crippen LogP contribution < -0.4 is 5.32 Å². The van der Waals surface area contributed by atoms with E-state index in [1.165, 1.54) is 44.5 Å². The van der Waals surface area contributed by atoms with Crippen LogP contribution in [0.2, 0.25) is 0 Å². The largest absolute Gasteiger partial charge is 0.315 e. The molecule has 1 aromatic carbocycles. The summed E-state index contributed by atoms with van der Waals surface area (Å²) >= 11 is 0. The van der Waals surface area contributed by atoms with Gasteiger partial charge in [0.25, 0.3) is 0 Å². The molecule has 1 aliphatic heterocycles. The van der Waals surface area contributed by atoms with Crippen LogP contribution in [0.25, 0.3) is 0 Å². The van der Waals surface area contributed by atoms with Gasteiger partial charge in [-0.05, 0) is 58.3 Å². The summed E-state index contributed by atoms with van der Waals surface area (Å²) in [6.45, 7) is 9.43. The quantitative estimate of drug-likeness (QED) is 0.878. The molecular formula is C16H26N2. The molecule has 0 amide bonds. The first-order valence-electron chi connectivity index (χ1n) is 7.18. The first kappa shape index (κ1) is 13.6. The van der Waals surface area contributed by atoms with Gasteiger partial charge in [-0.25, -0.2) is 0 Å². The molecule has 1 aliphatic rings. The Balaban J connectivity index is 1.81. The summed E-state index contributed by atoms with van der Waals surface area (Å²) in [7, 11) is 0. The minimum atomic E-state index is 0.299. The highest BCUT2D eigenvalue weighted by atomic mass is 15.2. The van der Waals surface area contributed by atoms with Crippen molar-refractivity contribution in [3.05, 3.63) is 35.9 Å². The number of hydrogen-bond acceptors (Lipinski definition) is 2. The maximum Gasteiger partial charge on any atom is 0.0277 e. The van der Waals surface area contributed by atoms with Crippen molar-refractivity contribution in [1.82, 2.24) is 10.2 Å². The summed E-state index contributed by atoms with van der Waals surface area (Å²) in [5, 5.41) is 3.53. The number of nitrogens with one attached hydrogen (secondary N) is 1. The van der Waals surface area contributed by atoms with Gasteiger partial charge in [0.15, 0.2) is 0 Å². The molecular weight excluding hydrogens is 220 g/mol. The van der Waals surface area contributed by atoms with E-state index >= 15 is 0 Å². The lowest BCUT2D eigenvalue weighted by molar-refractivity contribution is 0.132. The van der Waals surface area contributed by atoms with Crippen molar-refractivity contribution in [2.45, 2.75) is 38.6 Å². The fourth-order valence-electron chi connectivity index (χ4n) is 2.74. The molecule has 0 saturated carbocycles. The maximum absolute atomic E-state index is 3.53. The molecule has 0 unspecified atom stereocenters. The Morgan fingerprint density at radius 2 is 2.00 bits per heavy atom. The van der Waals surface area contributed by atoms with E-state index in [9.17, 15) is 0 Å². The summed E-state index contributed by atoms with van der Waals surface area (Å²) < 4.78 is 0. The third-order valence-electron chi connectivity index (χ3n) is 3.93. The SMILES string of the molecule is CC1(C)CNCCCN1CCCc1ccccc1. The Morgan fingerprint density at radius 1 is 1.22 bits per heavy atom. The Bertz CT molecular complexity index is 345. The van der Waals surface area contributed by atoms with E-state index in [2.05, 4.69) is 54.4 Å². The summed E-state index contributed by atoms with van der Waals surface area (Å²) in [6.07, 6.45) is 3.73. The number of benzene rings is 1. The molecule has 0 bridgehead atoms. The van der Waals surface area contributed by atoms with Crippen molar-refractivity contribution in [2.75, 3.05) is 26.2 Å². The van der Waals surface area contributed by atoms with Crippen LogP contribution >= 0.6 is 0 Å². The standard InChI is InChI=1S/C16H26N2/c1-16(2)14-17-11-7-13-18(16)12-6-10-15-8-4-3-5-9-15/h3-5,8-9,17H,6-7,10-14H2,1-2H3. The molecule has 18 heavy (non-hydrogen) atoms. The van der Waals surface area contributed by atoms with Gasteiger partial charge in [-0.3, -0.25) is 4.90 Å². The molecule has 0 atom stereocenters. The van der Waals surface area contributed by atoms with E-state index in [0.717, 1.165) is 6.54 Å². The maximum atomic E-state index is 3.53. The molecule has 0 spiro atoms. The average Bonchev–Trinajstić information content (AvgIpc) is 2.53. The van der Waals surface area contributed by atoms with Gasteiger partial charge in [0.05, 0.1) is 0 Å². The molecule has 1 heterocycles. The predicted octanol–water partition coefficient (Wildman–Crippen LogP) is 2.69. The van der Waals surface area contributed by atoms with E-state index in [4.69, 9.17) is 0 Å². The Hall–Kier alpha value is -0.860. The van der Waals surface area contributed by atoms with E-state index in [-0.39, 0.29) is 0 Å². The second-order valence-corrected chi connectivity index (χ2v) is 5.92. The smallest absolute Gasteiger partial charge is 0.0277 e. The normalized spacial score (nSPS) is 20.6. The number of nitrogens with zero attached hydrogens (tertiary/aromatic N) is 1. The first-order chi connectivity index (χ1) is 8.68. The predicted molar refractivity (Wildman–Crippen MR) is 77.9 cm³/mol. The molecule has 2 nitrogen and oxygen atoms in total. The summed E-state index contributed by atoms with van der Waals surface area (Å²) in [6, 6.07) is 10.8. The van der Waals surface area contributed by atoms with Gasteiger partial charge in [-0.15, -0.1) is 0 Å². The lowest BCUT2D eigenvalue weighted by Crippen LogP contribution is -2.48. The van der Waals surface area contributed by atoms with Crippen LogP contribution in [0.1, 0.15) is 32.3 Å². The number of hydrogen-bond donors (Lipinski definition) is 1. The highest BCUT2D eigenvalue weighted by Gasteiger charge is 2.27. The molecule has 2 rings (SSSR count). The third kappa shape index (κ3) is 3.82. The minimum Gasteiger partial charge on any atom is -0.315 e. The van der Waals surface area contributed by atoms with Crippen LogP contribution in [0.4, 0.5) is 0 Å². The van der Waals surface area contributed by atoms with Crippen molar-refractivity contribution in [2.24, 2.45) is 0 Å². The van der Waals surface area contributed by atoms with Crippen molar-refractivity contribution in [1.29, 1.82) is 0 Å². The van der Waals surface area contributed by atoms with E-state index in [1.807, 2.05) is 0 Å². The zero-order valence-corrected chi connectivity index (χ0v) is 11.8. The highest BCUT2D eigenvalue weighted by molar-refractivity contribution is 5.14. The fraction of sp³-hybridized carbons (Fsp3) is 0.625. The molecule has 2 heteroatoms. The van der Waals surface area contributed by atoms with E-state index in [0.29, 0.717) is 5.54 Å². The van der Waals surface area contributed by atoms with Crippen LogP contribution in [0.5, 0.6) is 0 Å². The zero-order chi connectivity index (χ0) is 12.8. The molecule has 100 valence electrons. The van der Waals surface area contributed by atoms with Gasteiger partial charge in [-0.1, -0.05) is 30.3 Å². The Morgan fingerprint density at radius 3 is 2.78 bits per heavy atom. The van der Waals surface area contributed by atoms with Gasteiger partial charge >= 0.3 is 0 Å². The molecule has 0 aliphatic carbocycles. The summed E-state index contributed by atoms with van der Waals surface area (Å²) in [5.74, 6) is 0. The molecule has 1 fully saturated rings. The average molecular weight is 246 g/mol. The summed E-state index contributed by atoms with van der Waals surface area (Å²) in [4.78, 5) is 2.65. The highest BCUT2D eigenvalue weighted by Crippen LogP contribution is 2.17. The minimum absolute atomic E-state index is 0.299. The Kier molecular flexibility index (Phi) is 4.79. The first-order valence-corrected chi connectivity index (χ1v) is 7.18. The van der Waals surface area contributed by atoms with Crippen molar-refractivity contribution < 1.29 is 0 Å². The fourth-order valence-corrected chi connectivity index (χ4v) is 2.74. The second-order valence-electron chi connectivity index (χ2n) is 5.92. The topological polar surface area (TPSA) is 15.3 Å². The Labute approximate surface area is 111 Å². The molecule has 1 saturated heterocycles. The van der Waals surface area contributed by atoms with Crippen LogP contribution in [0, 0.1) is 0 Å². The van der Waals surface area contributed by atoms with Gasteiger partial charge in [0.1, 0.15) is 0 Å². The second kappa shape index (κ2) is 6.35. The van der Waals surface area contributed by atoms with Crippen LogP contribution in [-0.2, 0) is 6.42 Å². The van der Waals surface area contributed by atoms with E-state index in [1.54, 1.807) is 0 Å². The number of rotatable bonds is 4. The lowest BCUT2D eigenvalue weighted by Gasteiger charge is -2.37. The lowest BCUT2D eigenvalue weighted by atomic mass is 10.0. The van der Waals surface area contributed by atoms with Crippen molar-refractivity contribution in [3.8, 4) is 0 Å². The van der Waals surface area contributed by atoms with Crippen LogP contribution in [0.3, 0.4) is 0 Å². The van der Waals surface area contributed by atoms with Crippen molar-refractivity contribution in [3.63, 3.8) is 0 Å². The molecule has 1 N–H and O–H groups in total. The van der Waals surface area contributed by atoms with Gasteiger partial charge in [-0.2, -0.15) is 0 Å². The van der Waals surface area contributed by atoms with Gasteiger partial charge in [0.2, 0.25) is 0 Å². The third-order valence-corrected chi connectivity index (χ3v) is 3.93. The van der Waals surface area contributed by atoms with Crippen LogP contribution in [-0.4, -0.2) is 36.6 Å². The monoisotopic (exact) mass is 246 g/mol. The number of aryl methyl sites for hydroxylation is 1. The summed E-state index contributed by atoms with van der Waals surface area (Å²) in [5.41, 5.74) is 1.76. The van der Waals surface area contributed by atoms with E-state index < -0.39 is 0 Å².